The molecule has 0 aliphatic heterocycles. The first-order valence-electron chi connectivity index (χ1n) is 8.01. The van der Waals surface area contributed by atoms with Crippen molar-refractivity contribution < 1.29 is 14.7 Å². The lowest BCUT2D eigenvalue weighted by atomic mass is 10.1. The fourth-order valence-corrected chi connectivity index (χ4v) is 2.65. The molecule has 0 aliphatic carbocycles. The molecule has 1 amide bonds. The smallest absolute Gasteiger partial charge is 0.305 e. The average Bonchev–Trinajstić information content (AvgIpc) is 2.93. The average molecular weight is 337 g/mol. The Balaban J connectivity index is 2.07. The first kappa shape index (κ1) is 16.7. The molecule has 3 aromatic rings. The Bertz CT molecular complexity index is 942. The van der Waals surface area contributed by atoms with Crippen LogP contribution in [-0.4, -0.2) is 32.9 Å². The van der Waals surface area contributed by atoms with Gasteiger partial charge < -0.3 is 10.4 Å². The molecule has 0 aliphatic rings. The van der Waals surface area contributed by atoms with E-state index in [2.05, 4.69) is 10.3 Å². The van der Waals surface area contributed by atoms with Crippen LogP contribution < -0.4 is 5.32 Å². The molecule has 0 saturated carbocycles. The number of carbonyl (C=O) groups excluding carboxylic acids is 1. The Kier molecular flexibility index (Phi) is 4.52. The monoisotopic (exact) mass is 337 g/mol. The fourth-order valence-electron chi connectivity index (χ4n) is 2.65. The van der Waals surface area contributed by atoms with Gasteiger partial charge in [0.1, 0.15) is 17.0 Å². The molecule has 6 nitrogen and oxygen atoms in total. The van der Waals surface area contributed by atoms with Crippen molar-refractivity contribution >= 4 is 17.5 Å². The zero-order chi connectivity index (χ0) is 18.0. The van der Waals surface area contributed by atoms with Crippen molar-refractivity contribution in [3.05, 3.63) is 59.4 Å². The molecule has 2 aromatic heterocycles. The number of carbonyl (C=O) groups is 2. The lowest BCUT2D eigenvalue weighted by molar-refractivity contribution is -0.136. The lowest BCUT2D eigenvalue weighted by Gasteiger charge is -2.07. The standard InChI is InChI=1S/C19H19N3O3/c1-12-3-6-14(7-4-12)17-18(19(25)20-10-9-16(23)24)22-11-13(2)5-8-15(22)21-17/h3-8,11H,9-10H2,1-2H3,(H,20,25)(H,23,24). The molecule has 2 heterocycles. The normalized spacial score (nSPS) is 10.8. The van der Waals surface area contributed by atoms with Crippen LogP contribution in [0.2, 0.25) is 0 Å². The van der Waals surface area contributed by atoms with Gasteiger partial charge in [0.2, 0.25) is 0 Å². The second-order valence-electron chi connectivity index (χ2n) is 6.01. The molecule has 0 bridgehead atoms. The molecule has 0 radical (unpaired) electrons. The van der Waals surface area contributed by atoms with Crippen molar-refractivity contribution in [3.8, 4) is 11.3 Å². The van der Waals surface area contributed by atoms with Crippen LogP contribution in [-0.2, 0) is 4.79 Å². The van der Waals surface area contributed by atoms with E-state index >= 15 is 0 Å². The van der Waals surface area contributed by atoms with Gasteiger partial charge in [0, 0.05) is 18.3 Å². The highest BCUT2D eigenvalue weighted by Gasteiger charge is 2.20. The number of imidazole rings is 1. The van der Waals surface area contributed by atoms with Gasteiger partial charge in [-0.1, -0.05) is 35.9 Å². The van der Waals surface area contributed by atoms with Gasteiger partial charge in [0.25, 0.3) is 5.91 Å². The Morgan fingerprint density at radius 1 is 1.08 bits per heavy atom. The van der Waals surface area contributed by atoms with Gasteiger partial charge in [-0.3, -0.25) is 14.0 Å². The summed E-state index contributed by atoms with van der Waals surface area (Å²) >= 11 is 0. The van der Waals surface area contributed by atoms with Crippen molar-refractivity contribution in [1.29, 1.82) is 0 Å². The molecule has 1 aromatic carbocycles. The van der Waals surface area contributed by atoms with Gasteiger partial charge in [0.15, 0.2) is 0 Å². The van der Waals surface area contributed by atoms with E-state index in [0.29, 0.717) is 17.0 Å². The zero-order valence-electron chi connectivity index (χ0n) is 14.1. The summed E-state index contributed by atoms with van der Waals surface area (Å²) in [6, 6.07) is 11.6. The van der Waals surface area contributed by atoms with Crippen molar-refractivity contribution in [3.63, 3.8) is 0 Å². The predicted octanol–water partition coefficient (Wildman–Crippen LogP) is 2.82. The number of nitrogens with zero attached hydrogens (tertiary/aromatic N) is 2. The second-order valence-corrected chi connectivity index (χ2v) is 6.01. The Morgan fingerprint density at radius 3 is 2.44 bits per heavy atom. The van der Waals surface area contributed by atoms with Gasteiger partial charge in [-0.25, -0.2) is 4.98 Å². The number of carboxylic acid groups (broad SMARTS) is 1. The molecular weight excluding hydrogens is 318 g/mol. The third-order valence-electron chi connectivity index (χ3n) is 3.93. The second kappa shape index (κ2) is 6.76. The maximum absolute atomic E-state index is 12.7. The largest absolute Gasteiger partial charge is 0.481 e. The molecular formula is C19H19N3O3. The van der Waals surface area contributed by atoms with Gasteiger partial charge in [-0.05, 0) is 25.5 Å². The Labute approximate surface area is 145 Å². The van der Waals surface area contributed by atoms with Crippen LogP contribution in [0.15, 0.2) is 42.6 Å². The highest BCUT2D eigenvalue weighted by molar-refractivity contribution is 5.99. The van der Waals surface area contributed by atoms with Gasteiger partial charge in [-0.15, -0.1) is 0 Å². The highest BCUT2D eigenvalue weighted by atomic mass is 16.4. The molecule has 3 rings (SSSR count). The van der Waals surface area contributed by atoms with E-state index in [1.54, 1.807) is 4.40 Å². The summed E-state index contributed by atoms with van der Waals surface area (Å²) in [6.07, 6.45) is 1.73. The highest BCUT2D eigenvalue weighted by Crippen LogP contribution is 2.25. The summed E-state index contributed by atoms with van der Waals surface area (Å²) in [5.74, 6) is -1.29. The maximum atomic E-state index is 12.7. The third kappa shape index (κ3) is 3.52. The number of rotatable bonds is 5. The number of fused-ring (bicyclic) bond motifs is 1. The van der Waals surface area contributed by atoms with Crippen molar-refractivity contribution in [2.24, 2.45) is 0 Å². The Hall–Kier alpha value is -3.15. The quantitative estimate of drug-likeness (QED) is 0.750. The lowest BCUT2D eigenvalue weighted by Crippen LogP contribution is -2.27. The minimum atomic E-state index is -0.951. The summed E-state index contributed by atoms with van der Waals surface area (Å²) in [5, 5.41) is 11.4. The van der Waals surface area contributed by atoms with Crippen LogP contribution in [0.4, 0.5) is 0 Å². The topological polar surface area (TPSA) is 83.7 Å². The van der Waals surface area contributed by atoms with Crippen LogP contribution in [0.25, 0.3) is 16.9 Å². The molecule has 0 fully saturated rings. The summed E-state index contributed by atoms with van der Waals surface area (Å²) < 4.78 is 1.75. The number of benzene rings is 1. The van der Waals surface area contributed by atoms with E-state index in [9.17, 15) is 9.59 Å². The molecule has 0 saturated heterocycles. The van der Waals surface area contributed by atoms with Crippen molar-refractivity contribution in [2.45, 2.75) is 20.3 Å². The number of pyridine rings is 1. The minimum absolute atomic E-state index is 0.0700. The molecule has 128 valence electrons. The summed E-state index contributed by atoms with van der Waals surface area (Å²) in [7, 11) is 0. The first-order chi connectivity index (χ1) is 12.0. The number of hydrogen-bond donors (Lipinski definition) is 2. The van der Waals surface area contributed by atoms with E-state index in [1.165, 1.54) is 0 Å². The summed E-state index contributed by atoms with van der Waals surface area (Å²) in [4.78, 5) is 28.0. The number of carboxylic acids is 1. The van der Waals surface area contributed by atoms with Crippen LogP contribution in [0, 0.1) is 13.8 Å². The number of aliphatic carboxylic acids is 1. The number of aryl methyl sites for hydroxylation is 2. The van der Waals surface area contributed by atoms with Crippen LogP contribution in [0.1, 0.15) is 28.0 Å². The number of nitrogens with one attached hydrogen (secondary N) is 1. The predicted molar refractivity (Wildman–Crippen MR) is 94.7 cm³/mol. The minimum Gasteiger partial charge on any atom is -0.481 e. The number of hydrogen-bond acceptors (Lipinski definition) is 3. The van der Waals surface area contributed by atoms with Crippen molar-refractivity contribution in [1.82, 2.24) is 14.7 Å². The zero-order valence-corrected chi connectivity index (χ0v) is 14.1. The third-order valence-corrected chi connectivity index (χ3v) is 3.93. The number of aromatic nitrogens is 2. The van der Waals surface area contributed by atoms with Crippen LogP contribution in [0.3, 0.4) is 0 Å². The van der Waals surface area contributed by atoms with Gasteiger partial charge in [0.05, 0.1) is 6.42 Å². The molecule has 0 unspecified atom stereocenters. The maximum Gasteiger partial charge on any atom is 0.305 e. The van der Waals surface area contributed by atoms with E-state index in [1.807, 2.05) is 56.4 Å². The Morgan fingerprint density at radius 2 is 1.76 bits per heavy atom. The fraction of sp³-hybridized carbons (Fsp3) is 0.211. The molecule has 6 heteroatoms. The van der Waals surface area contributed by atoms with Crippen LogP contribution >= 0.6 is 0 Å². The SMILES string of the molecule is Cc1ccc(-c2nc3ccc(C)cn3c2C(=O)NCCC(=O)O)cc1. The van der Waals surface area contributed by atoms with Crippen LogP contribution in [0.5, 0.6) is 0 Å². The van der Waals surface area contributed by atoms with Gasteiger partial charge in [-0.2, -0.15) is 0 Å². The number of amides is 1. The van der Waals surface area contributed by atoms with E-state index < -0.39 is 5.97 Å². The molecule has 2 N–H and O–H groups in total. The van der Waals surface area contributed by atoms with E-state index in [-0.39, 0.29) is 18.9 Å². The first-order valence-corrected chi connectivity index (χ1v) is 8.01. The summed E-state index contributed by atoms with van der Waals surface area (Å²) in [5.41, 5.74) is 4.63. The van der Waals surface area contributed by atoms with Gasteiger partial charge >= 0.3 is 5.97 Å². The molecule has 0 atom stereocenters. The molecule has 25 heavy (non-hydrogen) atoms. The van der Waals surface area contributed by atoms with E-state index in [4.69, 9.17) is 5.11 Å². The molecule has 0 spiro atoms. The van der Waals surface area contributed by atoms with E-state index in [0.717, 1.165) is 16.7 Å². The van der Waals surface area contributed by atoms with Crippen molar-refractivity contribution in [2.75, 3.05) is 6.54 Å². The summed E-state index contributed by atoms with van der Waals surface area (Å²) in [6.45, 7) is 4.01.